The number of H-pyrrole nitrogens is 1. The van der Waals surface area contributed by atoms with Crippen LogP contribution in [0.3, 0.4) is 0 Å². The number of amides is 1. The molecule has 1 amide bonds. The van der Waals surface area contributed by atoms with E-state index in [-0.39, 0.29) is 5.91 Å². The minimum atomic E-state index is -0.693. The van der Waals surface area contributed by atoms with E-state index in [4.69, 9.17) is 0 Å². The topological polar surface area (TPSA) is 56.9 Å². The van der Waals surface area contributed by atoms with Gasteiger partial charge in [0, 0.05) is 29.7 Å². The Morgan fingerprint density at radius 1 is 1.12 bits per heavy atom. The van der Waals surface area contributed by atoms with Crippen molar-refractivity contribution in [3.63, 3.8) is 0 Å². The summed E-state index contributed by atoms with van der Waals surface area (Å²) in [6.45, 7) is 3.41. The third kappa shape index (κ3) is 2.63. The van der Waals surface area contributed by atoms with Crippen molar-refractivity contribution < 1.29 is 4.79 Å². The first-order valence-electron chi connectivity index (χ1n) is 8.92. The summed E-state index contributed by atoms with van der Waals surface area (Å²) < 4.78 is 0. The second-order valence-corrected chi connectivity index (χ2v) is 6.63. The highest BCUT2D eigenvalue weighted by atomic mass is 16.2. The Morgan fingerprint density at radius 2 is 1.88 bits per heavy atom. The Balaban J connectivity index is 1.68. The van der Waals surface area contributed by atoms with Crippen LogP contribution in [0.15, 0.2) is 54.6 Å². The van der Waals surface area contributed by atoms with Gasteiger partial charge in [-0.25, -0.2) is 0 Å². The maximum absolute atomic E-state index is 13.2. The molecule has 4 heteroatoms. The quantitative estimate of drug-likeness (QED) is 0.686. The molecule has 0 aliphatic carbocycles. The molecule has 25 heavy (non-hydrogen) atoms. The highest BCUT2D eigenvalue weighted by Gasteiger charge is 2.43. The number of fused-ring (bicyclic) bond motifs is 3. The summed E-state index contributed by atoms with van der Waals surface area (Å²) in [7, 11) is 0. The molecule has 0 saturated heterocycles. The Labute approximate surface area is 147 Å². The van der Waals surface area contributed by atoms with Crippen molar-refractivity contribution >= 4 is 16.8 Å². The van der Waals surface area contributed by atoms with Gasteiger partial charge in [0.2, 0.25) is 5.91 Å². The van der Waals surface area contributed by atoms with Crippen molar-refractivity contribution in [1.82, 2.24) is 15.6 Å². The van der Waals surface area contributed by atoms with Gasteiger partial charge in [-0.3, -0.25) is 10.1 Å². The first-order valence-corrected chi connectivity index (χ1v) is 8.92. The van der Waals surface area contributed by atoms with Crippen molar-refractivity contribution in [2.24, 2.45) is 0 Å². The zero-order valence-corrected chi connectivity index (χ0v) is 14.4. The van der Waals surface area contributed by atoms with Crippen molar-refractivity contribution in [3.05, 3.63) is 71.4 Å². The van der Waals surface area contributed by atoms with E-state index in [2.05, 4.69) is 40.7 Å². The van der Waals surface area contributed by atoms with Gasteiger partial charge < -0.3 is 10.3 Å². The maximum Gasteiger partial charge on any atom is 0.246 e. The third-order valence-electron chi connectivity index (χ3n) is 5.26. The predicted molar refractivity (Wildman–Crippen MR) is 100 cm³/mol. The van der Waals surface area contributed by atoms with Gasteiger partial charge >= 0.3 is 0 Å². The molecular weight excluding hydrogens is 310 g/mol. The number of hydrogen-bond acceptors (Lipinski definition) is 2. The molecule has 2 aromatic carbocycles. The monoisotopic (exact) mass is 333 g/mol. The molecule has 0 bridgehead atoms. The SMILES string of the molecule is CC[C@]1(C(=O)NCc2ccccc2)NCCc2c1[nH]c1ccccc21. The number of para-hydroxylation sites is 1. The molecule has 1 aliphatic rings. The smallest absolute Gasteiger partial charge is 0.246 e. The van der Waals surface area contributed by atoms with E-state index in [1.54, 1.807) is 0 Å². The number of benzene rings is 2. The Hall–Kier alpha value is -2.59. The van der Waals surface area contributed by atoms with Crippen molar-refractivity contribution in [1.29, 1.82) is 0 Å². The standard InChI is InChI=1S/C21H23N3O/c1-2-21(20(25)22-14-15-8-4-3-5-9-15)19-17(12-13-23-21)16-10-6-7-11-18(16)24-19/h3-11,23-24H,2,12-14H2,1H3,(H,22,25)/t21-/m0/s1. The first kappa shape index (κ1) is 15.9. The number of rotatable bonds is 4. The van der Waals surface area contributed by atoms with Gasteiger partial charge in [0.15, 0.2) is 0 Å². The molecule has 4 nitrogen and oxygen atoms in total. The molecule has 128 valence electrons. The summed E-state index contributed by atoms with van der Waals surface area (Å²) >= 11 is 0. The molecule has 0 radical (unpaired) electrons. The normalized spacial score (nSPS) is 19.6. The molecule has 4 rings (SSSR count). The second kappa shape index (κ2) is 6.37. The van der Waals surface area contributed by atoms with Crippen LogP contribution in [-0.2, 0) is 23.3 Å². The summed E-state index contributed by atoms with van der Waals surface area (Å²) in [4.78, 5) is 16.7. The van der Waals surface area contributed by atoms with E-state index in [0.717, 1.165) is 29.7 Å². The van der Waals surface area contributed by atoms with Crippen molar-refractivity contribution in [3.8, 4) is 0 Å². The van der Waals surface area contributed by atoms with Crippen LogP contribution < -0.4 is 10.6 Å². The fourth-order valence-electron chi connectivity index (χ4n) is 3.90. The summed E-state index contributed by atoms with van der Waals surface area (Å²) in [5, 5.41) is 7.85. The summed E-state index contributed by atoms with van der Waals surface area (Å²) in [6.07, 6.45) is 1.64. The van der Waals surface area contributed by atoms with Gasteiger partial charge in [0.1, 0.15) is 5.54 Å². The van der Waals surface area contributed by atoms with Crippen LogP contribution in [0.25, 0.3) is 10.9 Å². The first-order chi connectivity index (χ1) is 12.2. The Kier molecular flexibility index (Phi) is 4.06. The summed E-state index contributed by atoms with van der Waals surface area (Å²) in [5.74, 6) is 0.0337. The highest BCUT2D eigenvalue weighted by molar-refractivity contribution is 5.93. The lowest BCUT2D eigenvalue weighted by Crippen LogP contribution is -2.57. The van der Waals surface area contributed by atoms with Crippen LogP contribution in [0.2, 0.25) is 0 Å². The van der Waals surface area contributed by atoms with Crippen LogP contribution in [0.4, 0.5) is 0 Å². The maximum atomic E-state index is 13.2. The molecule has 0 saturated carbocycles. The molecule has 1 aromatic heterocycles. The number of nitrogens with one attached hydrogen (secondary N) is 3. The van der Waals surface area contributed by atoms with Crippen LogP contribution >= 0.6 is 0 Å². The molecule has 0 unspecified atom stereocenters. The van der Waals surface area contributed by atoms with Crippen molar-refractivity contribution in [2.45, 2.75) is 31.8 Å². The zero-order valence-electron chi connectivity index (χ0n) is 14.4. The van der Waals surface area contributed by atoms with Crippen molar-refractivity contribution in [2.75, 3.05) is 6.54 Å². The summed E-state index contributed by atoms with van der Waals surface area (Å²) in [6, 6.07) is 18.3. The fourth-order valence-corrected chi connectivity index (χ4v) is 3.90. The Bertz CT molecular complexity index is 900. The van der Waals surface area contributed by atoms with E-state index in [9.17, 15) is 4.79 Å². The number of aromatic nitrogens is 1. The van der Waals surface area contributed by atoms with Gasteiger partial charge in [-0.1, -0.05) is 55.5 Å². The molecule has 1 aliphatic heterocycles. The van der Waals surface area contributed by atoms with Gasteiger partial charge in [-0.05, 0) is 30.0 Å². The molecule has 1 atom stereocenters. The second-order valence-electron chi connectivity index (χ2n) is 6.63. The lowest BCUT2D eigenvalue weighted by Gasteiger charge is -2.36. The van der Waals surface area contributed by atoms with Gasteiger partial charge in [-0.15, -0.1) is 0 Å². The number of aromatic amines is 1. The highest BCUT2D eigenvalue weighted by Crippen LogP contribution is 2.36. The zero-order chi connectivity index (χ0) is 17.3. The van der Waals surface area contributed by atoms with E-state index in [0.29, 0.717) is 13.0 Å². The van der Waals surface area contributed by atoms with Gasteiger partial charge in [0.05, 0.1) is 0 Å². The minimum Gasteiger partial charge on any atom is -0.356 e. The number of carbonyl (C=O) groups is 1. The molecule has 2 heterocycles. The number of hydrogen-bond donors (Lipinski definition) is 3. The summed E-state index contributed by atoms with van der Waals surface area (Å²) in [5.41, 5.74) is 3.81. The molecule has 3 aromatic rings. The van der Waals surface area contributed by atoms with Crippen LogP contribution in [0.5, 0.6) is 0 Å². The van der Waals surface area contributed by atoms with E-state index < -0.39 is 5.54 Å². The van der Waals surface area contributed by atoms with E-state index in [1.165, 1.54) is 10.9 Å². The molecule has 0 spiro atoms. The lowest BCUT2D eigenvalue weighted by molar-refractivity contribution is -0.128. The average molecular weight is 333 g/mol. The third-order valence-corrected chi connectivity index (χ3v) is 5.26. The van der Waals surface area contributed by atoms with Crippen LogP contribution in [0, 0.1) is 0 Å². The largest absolute Gasteiger partial charge is 0.356 e. The van der Waals surface area contributed by atoms with Gasteiger partial charge in [0.25, 0.3) is 0 Å². The van der Waals surface area contributed by atoms with E-state index in [1.807, 2.05) is 36.4 Å². The number of carbonyl (C=O) groups excluding carboxylic acids is 1. The molecule has 3 N–H and O–H groups in total. The van der Waals surface area contributed by atoms with E-state index >= 15 is 0 Å². The van der Waals surface area contributed by atoms with Gasteiger partial charge in [-0.2, -0.15) is 0 Å². The van der Waals surface area contributed by atoms with Crippen LogP contribution in [-0.4, -0.2) is 17.4 Å². The Morgan fingerprint density at radius 3 is 2.68 bits per heavy atom. The minimum absolute atomic E-state index is 0.0337. The average Bonchev–Trinajstić information content (AvgIpc) is 3.06. The predicted octanol–water partition coefficient (Wildman–Crippen LogP) is 3.24. The van der Waals surface area contributed by atoms with Crippen LogP contribution in [0.1, 0.15) is 30.2 Å². The lowest BCUT2D eigenvalue weighted by atomic mass is 9.83. The molecule has 0 fully saturated rings. The molecular formula is C21H23N3O. The fraction of sp³-hybridized carbons (Fsp3) is 0.286.